The van der Waals surface area contributed by atoms with Crippen LogP contribution in [0.1, 0.15) is 24.7 Å². The van der Waals surface area contributed by atoms with Crippen molar-refractivity contribution in [1.82, 2.24) is 23.9 Å². The number of nitrogens with zero attached hydrogens (tertiary/aromatic N) is 7. The third-order valence-corrected chi connectivity index (χ3v) is 9.53. The van der Waals surface area contributed by atoms with E-state index in [0.717, 1.165) is 55.4 Å². The van der Waals surface area contributed by atoms with Crippen LogP contribution < -0.4 is 20.2 Å². The molecule has 49 heavy (non-hydrogen) atoms. The second kappa shape index (κ2) is 14.3. The zero-order chi connectivity index (χ0) is 34.0. The van der Waals surface area contributed by atoms with Gasteiger partial charge in [0.15, 0.2) is 0 Å². The van der Waals surface area contributed by atoms with Gasteiger partial charge >= 0.3 is 5.69 Å². The van der Waals surface area contributed by atoms with Crippen molar-refractivity contribution in [3.8, 4) is 11.4 Å². The van der Waals surface area contributed by atoms with Crippen LogP contribution in [0.5, 0.6) is 5.75 Å². The van der Waals surface area contributed by atoms with Crippen LogP contribution in [0.3, 0.4) is 0 Å². The van der Waals surface area contributed by atoms with Crippen LogP contribution in [0.25, 0.3) is 5.69 Å². The zero-order valence-corrected chi connectivity index (χ0v) is 29.1. The first-order chi connectivity index (χ1) is 23.8. The Morgan fingerprint density at radius 2 is 1.61 bits per heavy atom. The molecule has 2 saturated heterocycles. The first-order valence-electron chi connectivity index (χ1n) is 16.5. The summed E-state index contributed by atoms with van der Waals surface area (Å²) in [6.45, 7) is 9.14. The van der Waals surface area contributed by atoms with Gasteiger partial charge < -0.3 is 28.6 Å². The van der Waals surface area contributed by atoms with Gasteiger partial charge in [-0.1, -0.05) is 36.2 Å². The lowest BCUT2D eigenvalue weighted by molar-refractivity contribution is -0.189. The molecule has 13 heteroatoms. The van der Waals surface area contributed by atoms with Crippen LogP contribution in [-0.4, -0.2) is 69.4 Å². The monoisotopic (exact) mass is 703 g/mol. The molecule has 3 aromatic carbocycles. The minimum atomic E-state index is -1.10. The summed E-state index contributed by atoms with van der Waals surface area (Å²) in [6, 6.07) is 21.7. The lowest BCUT2D eigenvalue weighted by atomic mass is 10.1. The standard InChI is InChI=1S/C36H39Cl2N7O4/c1-3-15-44-35(46)45(26(2)40-44)30-7-5-28(6-8-30)42-17-19-43(20-18-42)29-9-11-31(12-10-29)47-22-32-23-48-36(49-32,24-41-16-14-39-25-41)33-13-4-27(37)21-34(33)38/h4-14,16,21,25,32H,3,15,17-20,22-24H2,1-2H3/t32-,36-/m1/s1. The Morgan fingerprint density at radius 3 is 2.24 bits per heavy atom. The molecular weight excluding hydrogens is 665 g/mol. The summed E-state index contributed by atoms with van der Waals surface area (Å²) in [4.78, 5) is 21.7. The van der Waals surface area contributed by atoms with Gasteiger partial charge in [0.05, 0.1) is 30.2 Å². The molecule has 2 fully saturated rings. The first-order valence-corrected chi connectivity index (χ1v) is 17.3. The Balaban J connectivity index is 0.930. The third-order valence-electron chi connectivity index (χ3n) is 8.98. The number of anilines is 2. The summed E-state index contributed by atoms with van der Waals surface area (Å²) in [6.07, 6.45) is 5.85. The van der Waals surface area contributed by atoms with E-state index < -0.39 is 5.79 Å². The summed E-state index contributed by atoms with van der Waals surface area (Å²) < 4.78 is 24.1. The number of imidazole rings is 1. The van der Waals surface area contributed by atoms with Crippen molar-refractivity contribution >= 4 is 34.6 Å². The Labute approximate surface area is 295 Å². The van der Waals surface area contributed by atoms with Crippen molar-refractivity contribution in [3.63, 3.8) is 0 Å². The molecule has 0 saturated carbocycles. The molecule has 0 aliphatic carbocycles. The van der Waals surface area contributed by atoms with Gasteiger partial charge in [0, 0.05) is 67.1 Å². The Kier molecular flexibility index (Phi) is 9.68. The normalized spacial score (nSPS) is 19.5. The Bertz CT molecular complexity index is 1920. The second-order valence-electron chi connectivity index (χ2n) is 12.3. The van der Waals surface area contributed by atoms with Gasteiger partial charge in [-0.3, -0.25) is 0 Å². The predicted molar refractivity (Wildman–Crippen MR) is 190 cm³/mol. The Morgan fingerprint density at radius 1 is 0.939 bits per heavy atom. The van der Waals surface area contributed by atoms with Crippen LogP contribution in [0.15, 0.2) is 90.2 Å². The van der Waals surface area contributed by atoms with E-state index in [2.05, 4.69) is 44.1 Å². The topological polar surface area (TPSA) is 91.8 Å². The minimum absolute atomic E-state index is 0.0961. The van der Waals surface area contributed by atoms with Crippen molar-refractivity contribution in [2.24, 2.45) is 0 Å². The van der Waals surface area contributed by atoms with Crippen LogP contribution >= 0.6 is 23.2 Å². The number of aryl methyl sites for hydroxylation is 2. The molecule has 4 heterocycles. The highest BCUT2D eigenvalue weighted by Crippen LogP contribution is 2.40. The molecule has 7 rings (SSSR count). The third kappa shape index (κ3) is 7.07. The van der Waals surface area contributed by atoms with Gasteiger partial charge in [0.25, 0.3) is 0 Å². The van der Waals surface area contributed by atoms with E-state index in [-0.39, 0.29) is 11.8 Å². The second-order valence-corrected chi connectivity index (χ2v) is 13.2. The summed E-state index contributed by atoms with van der Waals surface area (Å²) in [5.74, 6) is 0.360. The molecule has 0 N–H and O–H groups in total. The number of aromatic nitrogens is 5. The van der Waals surface area contributed by atoms with Crippen LogP contribution in [-0.2, 0) is 28.4 Å². The lowest BCUT2D eigenvalue weighted by Gasteiger charge is -2.37. The lowest BCUT2D eigenvalue weighted by Crippen LogP contribution is -2.46. The highest BCUT2D eigenvalue weighted by Gasteiger charge is 2.45. The number of ether oxygens (including phenoxy) is 3. The van der Waals surface area contributed by atoms with Gasteiger partial charge in [0.1, 0.15) is 24.3 Å². The van der Waals surface area contributed by atoms with E-state index in [4.69, 9.17) is 37.4 Å². The number of benzene rings is 3. The summed E-state index contributed by atoms with van der Waals surface area (Å²) >= 11 is 12.8. The van der Waals surface area contributed by atoms with Crippen LogP contribution in [0.2, 0.25) is 10.0 Å². The summed E-state index contributed by atoms with van der Waals surface area (Å²) in [5.41, 5.74) is 3.74. The molecule has 5 aromatic rings. The maximum Gasteiger partial charge on any atom is 0.350 e. The molecular formula is C36H39Cl2N7O4. The van der Waals surface area contributed by atoms with Crippen molar-refractivity contribution in [1.29, 1.82) is 0 Å². The van der Waals surface area contributed by atoms with Gasteiger partial charge in [-0.25, -0.2) is 19.0 Å². The zero-order valence-electron chi connectivity index (χ0n) is 27.5. The Hall–Kier alpha value is -4.29. The number of halogens is 2. The average molecular weight is 705 g/mol. The van der Waals surface area contributed by atoms with Crippen molar-refractivity contribution < 1.29 is 14.2 Å². The fourth-order valence-corrected chi connectivity index (χ4v) is 7.08. The van der Waals surface area contributed by atoms with Crippen molar-refractivity contribution in [2.75, 3.05) is 49.2 Å². The molecule has 256 valence electrons. The van der Waals surface area contributed by atoms with Crippen LogP contribution in [0.4, 0.5) is 11.4 Å². The first kappa shape index (κ1) is 33.2. The van der Waals surface area contributed by atoms with Crippen molar-refractivity contribution in [3.05, 3.63) is 117 Å². The molecule has 2 aromatic heterocycles. The number of rotatable bonds is 11. The maximum atomic E-state index is 12.8. The van der Waals surface area contributed by atoms with E-state index in [1.807, 2.05) is 54.9 Å². The van der Waals surface area contributed by atoms with Gasteiger partial charge in [-0.2, -0.15) is 5.10 Å². The number of piperazine rings is 1. The molecule has 0 bridgehead atoms. The maximum absolute atomic E-state index is 12.8. The molecule has 0 radical (unpaired) electrons. The summed E-state index contributed by atoms with van der Waals surface area (Å²) in [7, 11) is 0. The molecule has 0 unspecified atom stereocenters. The SMILES string of the molecule is CCCn1nc(C)n(-c2ccc(N3CCN(c4ccc(OC[C@@H]5CO[C@@](Cn6ccnc6)(c6ccc(Cl)cc6Cl)O5)cc4)CC3)cc2)c1=O. The smallest absolute Gasteiger partial charge is 0.350 e. The molecule has 0 amide bonds. The van der Waals surface area contributed by atoms with Crippen molar-refractivity contribution in [2.45, 2.75) is 45.2 Å². The molecule has 2 atom stereocenters. The van der Waals surface area contributed by atoms with Gasteiger partial charge in [-0.05, 0) is 74.0 Å². The predicted octanol–water partition coefficient (Wildman–Crippen LogP) is 5.93. The molecule has 2 aliphatic heterocycles. The number of hydrogen-bond acceptors (Lipinski definition) is 8. The minimum Gasteiger partial charge on any atom is -0.491 e. The van der Waals surface area contributed by atoms with Crippen LogP contribution in [0, 0.1) is 6.92 Å². The van der Waals surface area contributed by atoms with E-state index in [1.54, 1.807) is 29.2 Å². The molecule has 11 nitrogen and oxygen atoms in total. The fraction of sp³-hybridized carbons (Fsp3) is 0.361. The van der Waals surface area contributed by atoms with E-state index in [9.17, 15) is 4.79 Å². The highest BCUT2D eigenvalue weighted by molar-refractivity contribution is 6.35. The quantitative estimate of drug-likeness (QED) is 0.167. The van der Waals surface area contributed by atoms with E-state index >= 15 is 0 Å². The van der Waals surface area contributed by atoms with Gasteiger partial charge in [-0.15, -0.1) is 0 Å². The molecule has 0 spiro atoms. The average Bonchev–Trinajstić information content (AvgIpc) is 3.84. The number of hydrogen-bond donors (Lipinski definition) is 0. The summed E-state index contributed by atoms with van der Waals surface area (Å²) in [5, 5.41) is 5.43. The highest BCUT2D eigenvalue weighted by atomic mass is 35.5. The molecule has 2 aliphatic rings. The van der Waals surface area contributed by atoms with E-state index in [0.29, 0.717) is 47.7 Å². The fourth-order valence-electron chi connectivity index (χ4n) is 6.52. The van der Waals surface area contributed by atoms with E-state index in [1.165, 1.54) is 4.68 Å². The van der Waals surface area contributed by atoms with Gasteiger partial charge in [0.2, 0.25) is 5.79 Å². The largest absolute Gasteiger partial charge is 0.491 e.